The van der Waals surface area contributed by atoms with Crippen LogP contribution in [0.4, 0.5) is 5.69 Å². The Balaban J connectivity index is 1.76. The summed E-state index contributed by atoms with van der Waals surface area (Å²) >= 11 is 7.91. The van der Waals surface area contributed by atoms with Gasteiger partial charge in [-0.1, -0.05) is 11.6 Å². The van der Waals surface area contributed by atoms with Crippen molar-refractivity contribution < 1.29 is 9.53 Å². The molecule has 114 valence electrons. The molecule has 0 saturated carbocycles. The van der Waals surface area contributed by atoms with Gasteiger partial charge in [-0.25, -0.2) is 0 Å². The first-order valence-electron chi connectivity index (χ1n) is 7.41. The number of rotatable bonds is 2. The number of hydrogen-bond donors (Lipinski definition) is 1. The number of nitrogens with two attached hydrogens (primary N) is 1. The fraction of sp³-hybridized carbons (Fsp3) is 0.562. The van der Waals surface area contributed by atoms with Gasteiger partial charge in [0.2, 0.25) is 0 Å². The van der Waals surface area contributed by atoms with Gasteiger partial charge < -0.3 is 10.5 Å². The standard InChI is InChI=1S/C16H20ClNO2S/c17-13-2-1-11(9-14(13)18)15(19)12-3-6-20-16(10-12)4-7-21-8-5-16/h1-2,9,12H,3-8,10,18H2. The quantitative estimate of drug-likeness (QED) is 0.664. The van der Waals surface area contributed by atoms with Crippen molar-refractivity contribution in [2.24, 2.45) is 5.92 Å². The number of anilines is 1. The van der Waals surface area contributed by atoms with E-state index in [0.717, 1.165) is 37.2 Å². The molecule has 2 heterocycles. The van der Waals surface area contributed by atoms with E-state index in [9.17, 15) is 4.79 Å². The average molecular weight is 326 g/mol. The molecule has 2 aliphatic rings. The molecule has 0 radical (unpaired) electrons. The van der Waals surface area contributed by atoms with Crippen LogP contribution in [0.15, 0.2) is 18.2 Å². The highest BCUT2D eigenvalue weighted by atomic mass is 35.5. The number of thioether (sulfide) groups is 1. The van der Waals surface area contributed by atoms with Gasteiger partial charge in [0.1, 0.15) is 0 Å². The zero-order valence-corrected chi connectivity index (χ0v) is 13.5. The minimum atomic E-state index is -0.0677. The summed E-state index contributed by atoms with van der Waals surface area (Å²) in [6.45, 7) is 0.685. The summed E-state index contributed by atoms with van der Waals surface area (Å²) in [5.74, 6) is 2.49. The Morgan fingerprint density at radius 3 is 2.86 bits per heavy atom. The maximum Gasteiger partial charge on any atom is 0.166 e. The van der Waals surface area contributed by atoms with E-state index in [1.807, 2.05) is 11.8 Å². The second-order valence-corrected chi connectivity index (χ2v) is 7.57. The van der Waals surface area contributed by atoms with Gasteiger partial charge in [-0.15, -0.1) is 0 Å². The summed E-state index contributed by atoms with van der Waals surface area (Å²) in [5, 5.41) is 0.499. The lowest BCUT2D eigenvalue weighted by Gasteiger charge is -2.42. The number of halogens is 1. The van der Waals surface area contributed by atoms with E-state index in [2.05, 4.69) is 0 Å². The molecule has 5 heteroatoms. The first-order chi connectivity index (χ1) is 10.1. The van der Waals surface area contributed by atoms with Crippen molar-refractivity contribution in [2.75, 3.05) is 23.8 Å². The molecule has 0 bridgehead atoms. The minimum Gasteiger partial charge on any atom is -0.398 e. The van der Waals surface area contributed by atoms with E-state index in [1.54, 1.807) is 18.2 Å². The van der Waals surface area contributed by atoms with Crippen molar-refractivity contribution in [3.63, 3.8) is 0 Å². The number of hydrogen-bond acceptors (Lipinski definition) is 4. The van der Waals surface area contributed by atoms with Crippen LogP contribution in [-0.2, 0) is 4.74 Å². The van der Waals surface area contributed by atoms with Crippen molar-refractivity contribution in [2.45, 2.75) is 31.3 Å². The molecule has 1 atom stereocenters. The Kier molecular flexibility index (Phi) is 4.48. The summed E-state index contributed by atoms with van der Waals surface area (Å²) in [6, 6.07) is 5.18. The van der Waals surface area contributed by atoms with Crippen molar-refractivity contribution >= 4 is 34.8 Å². The highest BCUT2D eigenvalue weighted by molar-refractivity contribution is 7.99. The number of carbonyl (C=O) groups is 1. The Labute approximate surface area is 134 Å². The molecule has 3 nitrogen and oxygen atoms in total. The number of ketones is 1. The normalized spacial score (nSPS) is 24.9. The second-order valence-electron chi connectivity index (χ2n) is 5.93. The molecule has 0 aromatic heterocycles. The van der Waals surface area contributed by atoms with Crippen LogP contribution in [0.5, 0.6) is 0 Å². The molecule has 2 fully saturated rings. The lowest BCUT2D eigenvalue weighted by Crippen LogP contribution is -2.44. The Bertz CT molecular complexity index is 538. The predicted molar refractivity (Wildman–Crippen MR) is 88.2 cm³/mol. The van der Waals surface area contributed by atoms with Crippen molar-refractivity contribution in [1.82, 2.24) is 0 Å². The maximum atomic E-state index is 12.7. The number of Topliss-reactive ketones (excluding diaryl/α,β-unsaturated/α-hetero) is 1. The third-order valence-corrected chi connectivity index (χ3v) is 5.88. The first kappa shape index (κ1) is 15.2. The molecule has 1 aromatic carbocycles. The van der Waals surface area contributed by atoms with Crippen LogP contribution in [0.3, 0.4) is 0 Å². The van der Waals surface area contributed by atoms with E-state index in [0.29, 0.717) is 22.9 Å². The van der Waals surface area contributed by atoms with Crippen LogP contribution >= 0.6 is 23.4 Å². The van der Waals surface area contributed by atoms with Gasteiger partial charge in [-0.2, -0.15) is 11.8 Å². The zero-order valence-electron chi connectivity index (χ0n) is 11.9. The lowest BCUT2D eigenvalue weighted by atomic mass is 9.79. The van der Waals surface area contributed by atoms with Gasteiger partial charge in [-0.3, -0.25) is 4.79 Å². The molecule has 1 aromatic rings. The molecular weight excluding hydrogens is 306 g/mol. The van der Waals surface area contributed by atoms with Gasteiger partial charge in [0.25, 0.3) is 0 Å². The van der Waals surface area contributed by atoms with Crippen LogP contribution in [-0.4, -0.2) is 29.5 Å². The largest absolute Gasteiger partial charge is 0.398 e. The summed E-state index contributed by atoms with van der Waals surface area (Å²) in [4.78, 5) is 12.7. The third-order valence-electron chi connectivity index (χ3n) is 4.55. The van der Waals surface area contributed by atoms with Crippen LogP contribution in [0.25, 0.3) is 0 Å². The number of carbonyl (C=O) groups excluding carboxylic acids is 1. The molecule has 0 aliphatic carbocycles. The van der Waals surface area contributed by atoms with Crippen LogP contribution in [0, 0.1) is 5.92 Å². The summed E-state index contributed by atoms with van der Waals surface area (Å²) in [7, 11) is 0. The zero-order chi connectivity index (χ0) is 14.9. The molecule has 2 N–H and O–H groups in total. The van der Waals surface area contributed by atoms with Gasteiger partial charge in [0.05, 0.1) is 16.3 Å². The summed E-state index contributed by atoms with van der Waals surface area (Å²) < 4.78 is 6.05. The van der Waals surface area contributed by atoms with E-state index >= 15 is 0 Å². The van der Waals surface area contributed by atoms with Crippen LogP contribution in [0.1, 0.15) is 36.0 Å². The SMILES string of the molecule is Nc1cc(C(=O)C2CCOC3(CCSCC3)C2)ccc1Cl. The Hall–Kier alpha value is -0.710. The molecule has 21 heavy (non-hydrogen) atoms. The number of ether oxygens (including phenoxy) is 1. The number of benzene rings is 1. The lowest BCUT2D eigenvalue weighted by molar-refractivity contribution is -0.0959. The van der Waals surface area contributed by atoms with Crippen molar-refractivity contribution in [1.29, 1.82) is 0 Å². The molecule has 3 rings (SSSR count). The van der Waals surface area contributed by atoms with Crippen molar-refractivity contribution in [3.05, 3.63) is 28.8 Å². The number of nitrogen functional groups attached to an aromatic ring is 1. The minimum absolute atomic E-state index is 0.0439. The molecular formula is C16H20ClNO2S. The molecule has 2 saturated heterocycles. The van der Waals surface area contributed by atoms with E-state index < -0.39 is 0 Å². The second kappa shape index (κ2) is 6.19. The van der Waals surface area contributed by atoms with Gasteiger partial charge in [0, 0.05) is 18.1 Å². The van der Waals surface area contributed by atoms with Crippen LogP contribution < -0.4 is 5.73 Å². The summed E-state index contributed by atoms with van der Waals surface area (Å²) in [6.07, 6.45) is 3.76. The monoisotopic (exact) mass is 325 g/mol. The Morgan fingerprint density at radius 2 is 2.14 bits per heavy atom. The fourth-order valence-electron chi connectivity index (χ4n) is 3.28. The predicted octanol–water partition coefficient (Wildman–Crippen LogP) is 3.80. The molecule has 2 aliphatic heterocycles. The summed E-state index contributed by atoms with van der Waals surface area (Å²) in [5.41, 5.74) is 6.89. The van der Waals surface area contributed by atoms with Crippen LogP contribution in [0.2, 0.25) is 5.02 Å². The maximum absolute atomic E-state index is 12.7. The first-order valence-corrected chi connectivity index (χ1v) is 8.94. The topological polar surface area (TPSA) is 52.3 Å². The molecule has 0 amide bonds. The van der Waals surface area contributed by atoms with Gasteiger partial charge in [0.15, 0.2) is 5.78 Å². The smallest absolute Gasteiger partial charge is 0.166 e. The highest BCUT2D eigenvalue weighted by Gasteiger charge is 2.41. The molecule has 1 unspecified atom stereocenters. The third kappa shape index (κ3) is 3.22. The van der Waals surface area contributed by atoms with E-state index in [4.69, 9.17) is 22.1 Å². The fourth-order valence-corrected chi connectivity index (χ4v) is 4.63. The Morgan fingerprint density at radius 1 is 1.38 bits per heavy atom. The van der Waals surface area contributed by atoms with E-state index in [-0.39, 0.29) is 17.3 Å². The van der Waals surface area contributed by atoms with Crippen molar-refractivity contribution in [3.8, 4) is 0 Å². The van der Waals surface area contributed by atoms with Gasteiger partial charge >= 0.3 is 0 Å². The van der Waals surface area contributed by atoms with Gasteiger partial charge in [-0.05, 0) is 55.4 Å². The average Bonchev–Trinajstić information content (AvgIpc) is 2.50. The van der Waals surface area contributed by atoms with E-state index in [1.165, 1.54) is 0 Å². The molecule has 1 spiro atoms. The highest BCUT2D eigenvalue weighted by Crippen LogP contribution is 2.40.